The second-order valence-corrected chi connectivity index (χ2v) is 5.46. The number of aliphatic hydroxyl groups is 1. The minimum atomic E-state index is -0.423. The van der Waals surface area contributed by atoms with Crippen LogP contribution in [-0.4, -0.2) is 23.8 Å². The van der Waals surface area contributed by atoms with Crippen molar-refractivity contribution in [1.29, 1.82) is 0 Å². The summed E-state index contributed by atoms with van der Waals surface area (Å²) in [6.07, 6.45) is 1.66. The first-order valence-corrected chi connectivity index (χ1v) is 7.90. The van der Waals surface area contributed by atoms with Crippen molar-refractivity contribution < 1.29 is 14.6 Å². The van der Waals surface area contributed by atoms with E-state index in [-0.39, 0.29) is 19.3 Å². The number of benzene rings is 2. The van der Waals surface area contributed by atoms with Gasteiger partial charge < -0.3 is 15.2 Å². The minimum Gasteiger partial charge on any atom is -0.445 e. The van der Waals surface area contributed by atoms with Gasteiger partial charge in [-0.05, 0) is 30.4 Å². The lowest BCUT2D eigenvalue weighted by Crippen LogP contribution is -2.37. The molecule has 0 radical (unpaired) electrons. The van der Waals surface area contributed by atoms with Crippen molar-refractivity contribution in [3.05, 3.63) is 71.8 Å². The maximum absolute atomic E-state index is 12.0. The Bertz CT molecular complexity index is 572. The zero-order chi connectivity index (χ0) is 16.3. The van der Waals surface area contributed by atoms with Gasteiger partial charge in [0.05, 0.1) is 0 Å². The lowest BCUT2D eigenvalue weighted by Gasteiger charge is -2.18. The molecule has 0 saturated heterocycles. The summed E-state index contributed by atoms with van der Waals surface area (Å²) in [7, 11) is 0. The summed E-state index contributed by atoms with van der Waals surface area (Å²) in [6, 6.07) is 19.5. The monoisotopic (exact) mass is 313 g/mol. The molecule has 2 rings (SSSR count). The van der Waals surface area contributed by atoms with Gasteiger partial charge in [0.2, 0.25) is 0 Å². The zero-order valence-electron chi connectivity index (χ0n) is 13.2. The molecule has 1 atom stereocenters. The van der Waals surface area contributed by atoms with Crippen LogP contribution in [0.1, 0.15) is 24.0 Å². The number of carbonyl (C=O) groups excluding carboxylic acids is 1. The summed E-state index contributed by atoms with van der Waals surface area (Å²) in [5, 5.41) is 11.9. The molecule has 0 aliphatic rings. The van der Waals surface area contributed by atoms with Crippen LogP contribution < -0.4 is 5.32 Å². The van der Waals surface area contributed by atoms with Gasteiger partial charge in [0, 0.05) is 12.6 Å². The van der Waals surface area contributed by atoms with Gasteiger partial charge in [-0.3, -0.25) is 0 Å². The van der Waals surface area contributed by atoms with E-state index in [0.717, 1.165) is 17.5 Å². The van der Waals surface area contributed by atoms with E-state index in [1.807, 2.05) is 60.7 Å². The van der Waals surface area contributed by atoms with Gasteiger partial charge >= 0.3 is 6.09 Å². The minimum absolute atomic E-state index is 0.0483. The van der Waals surface area contributed by atoms with Gasteiger partial charge in [-0.2, -0.15) is 0 Å². The highest BCUT2D eigenvalue weighted by Crippen LogP contribution is 2.08. The van der Waals surface area contributed by atoms with Crippen LogP contribution in [0.2, 0.25) is 0 Å². The molecule has 0 aromatic heterocycles. The smallest absolute Gasteiger partial charge is 0.407 e. The number of amides is 1. The molecule has 2 aromatic carbocycles. The third-order valence-electron chi connectivity index (χ3n) is 3.57. The number of nitrogens with one attached hydrogen (secondary N) is 1. The molecule has 2 N–H and O–H groups in total. The van der Waals surface area contributed by atoms with Gasteiger partial charge in [0.1, 0.15) is 6.61 Å². The fourth-order valence-corrected chi connectivity index (χ4v) is 2.39. The van der Waals surface area contributed by atoms with Crippen molar-refractivity contribution in [2.75, 3.05) is 6.61 Å². The highest BCUT2D eigenvalue weighted by Gasteiger charge is 2.13. The number of alkyl carbamates (subject to hydrolysis) is 1. The van der Waals surface area contributed by atoms with E-state index in [4.69, 9.17) is 9.84 Å². The Morgan fingerprint density at radius 3 is 2.22 bits per heavy atom. The van der Waals surface area contributed by atoms with Crippen LogP contribution in [0.3, 0.4) is 0 Å². The number of hydrogen-bond acceptors (Lipinski definition) is 3. The van der Waals surface area contributed by atoms with Crippen molar-refractivity contribution in [3.63, 3.8) is 0 Å². The number of hydrogen-bond donors (Lipinski definition) is 2. The molecular weight excluding hydrogens is 290 g/mol. The summed E-state index contributed by atoms with van der Waals surface area (Å²) in [6.45, 7) is 0.372. The normalized spacial score (nSPS) is 11.7. The van der Waals surface area contributed by atoms with Gasteiger partial charge in [-0.15, -0.1) is 0 Å². The second kappa shape index (κ2) is 9.64. The molecule has 23 heavy (non-hydrogen) atoms. The Morgan fingerprint density at radius 2 is 1.61 bits per heavy atom. The summed E-state index contributed by atoms with van der Waals surface area (Å²) in [5.74, 6) is 0. The molecule has 4 nitrogen and oxygen atoms in total. The third-order valence-corrected chi connectivity index (χ3v) is 3.57. The highest BCUT2D eigenvalue weighted by molar-refractivity contribution is 5.67. The van der Waals surface area contributed by atoms with Gasteiger partial charge in [0.15, 0.2) is 0 Å². The topological polar surface area (TPSA) is 58.6 Å². The Labute approximate surface area is 137 Å². The summed E-state index contributed by atoms with van der Waals surface area (Å²) >= 11 is 0. The van der Waals surface area contributed by atoms with E-state index in [1.54, 1.807) is 0 Å². The molecule has 2 aromatic rings. The molecule has 122 valence electrons. The van der Waals surface area contributed by atoms with Gasteiger partial charge in [-0.1, -0.05) is 60.7 Å². The Balaban J connectivity index is 1.84. The first-order valence-electron chi connectivity index (χ1n) is 7.90. The van der Waals surface area contributed by atoms with E-state index in [0.29, 0.717) is 12.8 Å². The van der Waals surface area contributed by atoms with Crippen LogP contribution in [0, 0.1) is 0 Å². The van der Waals surface area contributed by atoms with E-state index in [1.165, 1.54) is 0 Å². The van der Waals surface area contributed by atoms with E-state index >= 15 is 0 Å². The van der Waals surface area contributed by atoms with Crippen molar-refractivity contribution in [3.8, 4) is 0 Å². The molecule has 0 spiro atoms. The van der Waals surface area contributed by atoms with Gasteiger partial charge in [0.25, 0.3) is 0 Å². The van der Waals surface area contributed by atoms with Crippen LogP contribution in [0.5, 0.6) is 0 Å². The predicted molar refractivity (Wildman–Crippen MR) is 90.0 cm³/mol. The first-order chi connectivity index (χ1) is 11.3. The standard InChI is InChI=1S/C19H23NO3/c21-13-7-12-18(14-16-8-3-1-4-9-16)20-19(22)23-15-17-10-5-2-6-11-17/h1-6,8-11,18,21H,7,12-15H2,(H,20,22). The molecule has 1 amide bonds. The molecular formula is C19H23NO3. The molecule has 0 saturated carbocycles. The maximum atomic E-state index is 12.0. The second-order valence-electron chi connectivity index (χ2n) is 5.46. The predicted octanol–water partition coefficient (Wildman–Crippen LogP) is 3.30. The number of rotatable bonds is 8. The van der Waals surface area contributed by atoms with Crippen molar-refractivity contribution in [2.45, 2.75) is 31.9 Å². The molecule has 1 unspecified atom stereocenters. The molecule has 0 heterocycles. The molecule has 0 aliphatic carbocycles. The third kappa shape index (κ3) is 6.53. The van der Waals surface area contributed by atoms with E-state index in [2.05, 4.69) is 5.32 Å². The average molecular weight is 313 g/mol. The quantitative estimate of drug-likeness (QED) is 0.786. The average Bonchev–Trinajstić information content (AvgIpc) is 2.60. The molecule has 0 aliphatic heterocycles. The molecule has 0 fully saturated rings. The fourth-order valence-electron chi connectivity index (χ4n) is 2.39. The van der Waals surface area contributed by atoms with E-state index in [9.17, 15) is 4.79 Å². The largest absolute Gasteiger partial charge is 0.445 e. The van der Waals surface area contributed by atoms with Crippen LogP contribution in [-0.2, 0) is 17.8 Å². The highest BCUT2D eigenvalue weighted by atomic mass is 16.5. The zero-order valence-corrected chi connectivity index (χ0v) is 13.2. The van der Waals surface area contributed by atoms with Crippen LogP contribution in [0.15, 0.2) is 60.7 Å². The number of ether oxygens (including phenoxy) is 1. The summed E-state index contributed by atoms with van der Waals surface area (Å²) < 4.78 is 5.26. The molecule has 4 heteroatoms. The van der Waals surface area contributed by atoms with E-state index < -0.39 is 6.09 Å². The van der Waals surface area contributed by atoms with Crippen LogP contribution in [0.25, 0.3) is 0 Å². The first kappa shape index (κ1) is 17.0. The van der Waals surface area contributed by atoms with Crippen LogP contribution >= 0.6 is 0 Å². The Morgan fingerprint density at radius 1 is 1.00 bits per heavy atom. The molecule has 0 bridgehead atoms. The van der Waals surface area contributed by atoms with Crippen molar-refractivity contribution in [1.82, 2.24) is 5.32 Å². The summed E-state index contributed by atoms with van der Waals surface area (Å²) in [4.78, 5) is 12.0. The Kier molecular flexibility index (Phi) is 7.14. The van der Waals surface area contributed by atoms with Gasteiger partial charge in [-0.25, -0.2) is 4.79 Å². The Hall–Kier alpha value is -2.33. The van der Waals surface area contributed by atoms with Crippen molar-refractivity contribution >= 4 is 6.09 Å². The number of aliphatic hydroxyl groups excluding tert-OH is 1. The fraction of sp³-hybridized carbons (Fsp3) is 0.316. The van der Waals surface area contributed by atoms with Crippen LogP contribution in [0.4, 0.5) is 4.79 Å². The van der Waals surface area contributed by atoms with Crippen molar-refractivity contribution in [2.24, 2.45) is 0 Å². The maximum Gasteiger partial charge on any atom is 0.407 e. The lowest BCUT2D eigenvalue weighted by atomic mass is 10.0. The SMILES string of the molecule is O=C(NC(CCCO)Cc1ccccc1)OCc1ccccc1. The summed E-state index contributed by atoms with van der Waals surface area (Å²) in [5.41, 5.74) is 2.11. The number of carbonyl (C=O) groups is 1. The lowest BCUT2D eigenvalue weighted by molar-refractivity contribution is 0.134.